The first kappa shape index (κ1) is 14.0. The standard InChI is InChI=1S/C15H31N/c1-5-7-14(6-2)15-8-10-16(11-9-15)12-13(3)4/h13-15H,5-12H2,1-4H3. The molecule has 1 atom stereocenters. The molecule has 1 rings (SSSR count). The molecule has 0 aromatic rings. The molecule has 1 unspecified atom stereocenters. The summed E-state index contributed by atoms with van der Waals surface area (Å²) >= 11 is 0. The number of hydrogen-bond donors (Lipinski definition) is 0. The van der Waals surface area contributed by atoms with Crippen LogP contribution in [0.25, 0.3) is 0 Å². The van der Waals surface area contributed by atoms with Crippen LogP contribution >= 0.6 is 0 Å². The van der Waals surface area contributed by atoms with Crippen LogP contribution in [0.3, 0.4) is 0 Å². The van der Waals surface area contributed by atoms with Crippen LogP contribution in [0.4, 0.5) is 0 Å². The van der Waals surface area contributed by atoms with Crippen molar-refractivity contribution in [3.05, 3.63) is 0 Å². The Morgan fingerprint density at radius 3 is 2.19 bits per heavy atom. The van der Waals surface area contributed by atoms with E-state index in [0.29, 0.717) is 0 Å². The fraction of sp³-hybridized carbons (Fsp3) is 1.00. The molecule has 1 fully saturated rings. The fourth-order valence-electron chi connectivity index (χ4n) is 3.27. The lowest BCUT2D eigenvalue weighted by Crippen LogP contribution is -2.38. The summed E-state index contributed by atoms with van der Waals surface area (Å²) in [6.07, 6.45) is 7.11. The highest BCUT2D eigenvalue weighted by atomic mass is 15.1. The second-order valence-corrected chi connectivity index (χ2v) is 5.99. The van der Waals surface area contributed by atoms with Gasteiger partial charge >= 0.3 is 0 Å². The molecule has 1 nitrogen and oxygen atoms in total. The predicted molar refractivity (Wildman–Crippen MR) is 72.7 cm³/mol. The second kappa shape index (κ2) is 7.32. The van der Waals surface area contributed by atoms with Gasteiger partial charge in [0.2, 0.25) is 0 Å². The van der Waals surface area contributed by atoms with Gasteiger partial charge < -0.3 is 4.90 Å². The van der Waals surface area contributed by atoms with Gasteiger partial charge in [-0.2, -0.15) is 0 Å². The number of rotatable bonds is 6. The zero-order valence-electron chi connectivity index (χ0n) is 11.8. The average molecular weight is 225 g/mol. The Morgan fingerprint density at radius 1 is 1.12 bits per heavy atom. The minimum atomic E-state index is 0.828. The lowest BCUT2D eigenvalue weighted by atomic mass is 9.80. The van der Waals surface area contributed by atoms with E-state index in [1.165, 1.54) is 51.7 Å². The van der Waals surface area contributed by atoms with Crippen molar-refractivity contribution in [1.82, 2.24) is 4.90 Å². The van der Waals surface area contributed by atoms with Gasteiger partial charge in [-0.15, -0.1) is 0 Å². The lowest BCUT2D eigenvalue weighted by molar-refractivity contribution is 0.129. The van der Waals surface area contributed by atoms with Crippen LogP contribution in [0.2, 0.25) is 0 Å². The molecule has 1 aliphatic heterocycles. The van der Waals surface area contributed by atoms with Crippen molar-refractivity contribution in [3.8, 4) is 0 Å². The molecule has 1 saturated heterocycles. The third-order valence-corrected chi connectivity index (χ3v) is 4.11. The third-order valence-electron chi connectivity index (χ3n) is 4.11. The molecule has 0 spiro atoms. The van der Waals surface area contributed by atoms with Crippen molar-refractivity contribution >= 4 is 0 Å². The van der Waals surface area contributed by atoms with E-state index in [2.05, 4.69) is 32.6 Å². The lowest BCUT2D eigenvalue weighted by Gasteiger charge is -2.36. The van der Waals surface area contributed by atoms with Crippen molar-refractivity contribution in [2.24, 2.45) is 17.8 Å². The molecule has 1 heterocycles. The van der Waals surface area contributed by atoms with Crippen LogP contribution in [-0.4, -0.2) is 24.5 Å². The summed E-state index contributed by atoms with van der Waals surface area (Å²) < 4.78 is 0. The number of piperidine rings is 1. The van der Waals surface area contributed by atoms with Crippen molar-refractivity contribution in [2.45, 2.75) is 59.8 Å². The Morgan fingerprint density at radius 2 is 1.75 bits per heavy atom. The van der Waals surface area contributed by atoms with Gasteiger partial charge in [0, 0.05) is 6.54 Å². The summed E-state index contributed by atoms with van der Waals surface area (Å²) in [7, 11) is 0. The van der Waals surface area contributed by atoms with E-state index >= 15 is 0 Å². The SMILES string of the molecule is CCCC(CC)C1CCN(CC(C)C)CC1. The Balaban J connectivity index is 2.29. The van der Waals surface area contributed by atoms with Gasteiger partial charge in [0.05, 0.1) is 0 Å². The first-order valence-corrected chi connectivity index (χ1v) is 7.39. The van der Waals surface area contributed by atoms with Crippen LogP contribution in [0.1, 0.15) is 59.8 Å². The highest BCUT2D eigenvalue weighted by Gasteiger charge is 2.24. The maximum absolute atomic E-state index is 2.67. The molecule has 0 saturated carbocycles. The molecular formula is C15H31N. The summed E-state index contributed by atoms with van der Waals surface area (Å²) in [6.45, 7) is 13.4. The number of nitrogens with zero attached hydrogens (tertiary/aromatic N) is 1. The molecule has 0 bridgehead atoms. The van der Waals surface area contributed by atoms with Gasteiger partial charge in [0.25, 0.3) is 0 Å². The van der Waals surface area contributed by atoms with Crippen LogP contribution in [-0.2, 0) is 0 Å². The van der Waals surface area contributed by atoms with E-state index in [1.54, 1.807) is 0 Å². The fourth-order valence-corrected chi connectivity index (χ4v) is 3.27. The largest absolute Gasteiger partial charge is 0.303 e. The van der Waals surface area contributed by atoms with E-state index in [4.69, 9.17) is 0 Å². The van der Waals surface area contributed by atoms with E-state index in [-0.39, 0.29) is 0 Å². The summed E-state index contributed by atoms with van der Waals surface area (Å²) in [4.78, 5) is 2.67. The average Bonchev–Trinajstić information content (AvgIpc) is 2.26. The smallest absolute Gasteiger partial charge is 0.000439 e. The molecule has 0 N–H and O–H groups in total. The maximum atomic E-state index is 2.67. The van der Waals surface area contributed by atoms with E-state index in [9.17, 15) is 0 Å². The molecule has 1 heteroatoms. The first-order chi connectivity index (χ1) is 7.67. The summed E-state index contributed by atoms with van der Waals surface area (Å²) in [5, 5.41) is 0. The second-order valence-electron chi connectivity index (χ2n) is 5.99. The highest BCUT2D eigenvalue weighted by Crippen LogP contribution is 2.30. The van der Waals surface area contributed by atoms with Crippen LogP contribution in [0.5, 0.6) is 0 Å². The van der Waals surface area contributed by atoms with Gasteiger partial charge in [-0.1, -0.05) is 47.0 Å². The molecule has 0 aliphatic carbocycles. The first-order valence-electron chi connectivity index (χ1n) is 7.39. The molecule has 1 aliphatic rings. The molecule has 16 heavy (non-hydrogen) atoms. The number of likely N-dealkylation sites (tertiary alicyclic amines) is 1. The third kappa shape index (κ3) is 4.45. The van der Waals surface area contributed by atoms with E-state index in [1.807, 2.05) is 0 Å². The molecule has 0 radical (unpaired) electrons. The van der Waals surface area contributed by atoms with E-state index < -0.39 is 0 Å². The van der Waals surface area contributed by atoms with Crippen molar-refractivity contribution in [2.75, 3.05) is 19.6 Å². The topological polar surface area (TPSA) is 3.24 Å². The van der Waals surface area contributed by atoms with Crippen molar-refractivity contribution < 1.29 is 0 Å². The molecule has 96 valence electrons. The zero-order valence-corrected chi connectivity index (χ0v) is 11.8. The Labute approximate surface area is 103 Å². The zero-order chi connectivity index (χ0) is 12.0. The monoisotopic (exact) mass is 225 g/mol. The van der Waals surface area contributed by atoms with Crippen molar-refractivity contribution in [1.29, 1.82) is 0 Å². The summed E-state index contributed by atoms with van der Waals surface area (Å²) in [5.74, 6) is 2.86. The quantitative estimate of drug-likeness (QED) is 0.655. The summed E-state index contributed by atoms with van der Waals surface area (Å²) in [6, 6.07) is 0. The number of hydrogen-bond acceptors (Lipinski definition) is 1. The summed E-state index contributed by atoms with van der Waals surface area (Å²) in [5.41, 5.74) is 0. The maximum Gasteiger partial charge on any atom is 0.000439 e. The van der Waals surface area contributed by atoms with Gasteiger partial charge in [-0.3, -0.25) is 0 Å². The molecule has 0 aromatic carbocycles. The molecule has 0 aromatic heterocycles. The van der Waals surface area contributed by atoms with Gasteiger partial charge in [-0.05, 0) is 43.7 Å². The Bertz CT molecular complexity index is 168. The van der Waals surface area contributed by atoms with Gasteiger partial charge in [0.1, 0.15) is 0 Å². The highest BCUT2D eigenvalue weighted by molar-refractivity contribution is 4.77. The van der Waals surface area contributed by atoms with Crippen molar-refractivity contribution in [3.63, 3.8) is 0 Å². The van der Waals surface area contributed by atoms with Crippen LogP contribution < -0.4 is 0 Å². The molecule has 0 amide bonds. The minimum Gasteiger partial charge on any atom is -0.303 e. The predicted octanol–water partition coefficient (Wildman–Crippen LogP) is 4.18. The van der Waals surface area contributed by atoms with Crippen LogP contribution in [0, 0.1) is 17.8 Å². The van der Waals surface area contributed by atoms with Gasteiger partial charge in [-0.25, -0.2) is 0 Å². The Hall–Kier alpha value is -0.0400. The Kier molecular flexibility index (Phi) is 6.41. The van der Waals surface area contributed by atoms with E-state index in [0.717, 1.165) is 17.8 Å². The van der Waals surface area contributed by atoms with Crippen LogP contribution in [0.15, 0.2) is 0 Å². The van der Waals surface area contributed by atoms with Gasteiger partial charge in [0.15, 0.2) is 0 Å². The normalized spacial score (nSPS) is 21.6. The minimum absolute atomic E-state index is 0.828. The molecular weight excluding hydrogens is 194 g/mol.